The van der Waals surface area contributed by atoms with Crippen molar-refractivity contribution < 1.29 is 44.7 Å². The molecule has 0 fully saturated rings. The molecule has 0 saturated heterocycles. The second-order valence-corrected chi connectivity index (χ2v) is 6.28. The lowest BCUT2D eigenvalue weighted by atomic mass is 10.1. The van der Waals surface area contributed by atoms with Crippen LogP contribution in [0.1, 0.15) is 27.4 Å². The first-order valence-corrected chi connectivity index (χ1v) is 8.52. The van der Waals surface area contributed by atoms with E-state index in [0.29, 0.717) is 5.75 Å². The molecule has 0 bridgehead atoms. The van der Waals surface area contributed by atoms with Gasteiger partial charge in [0.25, 0.3) is 5.91 Å². The molecule has 0 radical (unpaired) electrons. The first-order chi connectivity index (χ1) is 14.5. The predicted molar refractivity (Wildman–Crippen MR) is 93.4 cm³/mol. The van der Waals surface area contributed by atoms with E-state index in [1.165, 1.54) is 11.4 Å². The lowest BCUT2D eigenvalue weighted by molar-refractivity contribution is -0.143. The van der Waals surface area contributed by atoms with Crippen molar-refractivity contribution >= 4 is 11.6 Å². The van der Waals surface area contributed by atoms with Crippen molar-refractivity contribution in [1.29, 1.82) is 0 Å². The molecule has 3 aromatic rings. The molecular weight excluding hydrogens is 435 g/mol. The van der Waals surface area contributed by atoms with E-state index in [1.54, 1.807) is 31.2 Å². The van der Waals surface area contributed by atoms with Crippen molar-refractivity contribution in [2.24, 2.45) is 0 Å². The Balaban J connectivity index is 1.79. The largest absolute Gasteiger partial charge is 0.485 e. The monoisotopic (exact) mass is 447 g/mol. The average molecular weight is 447 g/mol. The van der Waals surface area contributed by atoms with Gasteiger partial charge in [0.05, 0.1) is 0 Å². The minimum absolute atomic E-state index is 0.121. The number of aryl methyl sites for hydroxylation is 1. The van der Waals surface area contributed by atoms with Crippen LogP contribution in [-0.4, -0.2) is 5.91 Å². The summed E-state index contributed by atoms with van der Waals surface area (Å²) < 4.78 is 104. The van der Waals surface area contributed by atoms with Gasteiger partial charge in [-0.2, -0.15) is 13.2 Å². The van der Waals surface area contributed by atoms with Crippen LogP contribution in [0.2, 0.25) is 0 Å². The number of ether oxygens (including phenoxy) is 1. The standard InChI is InChI=1S/C20H12F7NO3/c1-9-4-2-3-5-11(9)30-8-10-6-7-12(31-10)19(29)28-18-16(23)14(21)13(20(25,26)27)15(22)17(18)24/h2-7H,8H2,1H3,(H,28,29). The highest BCUT2D eigenvalue weighted by Gasteiger charge is 2.42. The number of rotatable bonds is 5. The molecule has 0 unspecified atom stereocenters. The third kappa shape index (κ3) is 4.49. The van der Waals surface area contributed by atoms with Crippen LogP contribution >= 0.6 is 0 Å². The summed E-state index contributed by atoms with van der Waals surface area (Å²) in [5, 5.41) is 1.48. The summed E-state index contributed by atoms with van der Waals surface area (Å²) in [7, 11) is 0. The fourth-order valence-corrected chi connectivity index (χ4v) is 2.61. The van der Waals surface area contributed by atoms with Gasteiger partial charge in [0, 0.05) is 0 Å². The summed E-state index contributed by atoms with van der Waals surface area (Å²) in [6.07, 6.45) is -5.69. The van der Waals surface area contributed by atoms with Gasteiger partial charge in [-0.3, -0.25) is 4.79 Å². The number of carbonyl (C=O) groups is 1. The number of amides is 1. The number of hydrogen-bond donors (Lipinski definition) is 1. The topological polar surface area (TPSA) is 51.5 Å². The van der Waals surface area contributed by atoms with Gasteiger partial charge >= 0.3 is 6.18 Å². The summed E-state index contributed by atoms with van der Waals surface area (Å²) in [6.45, 7) is 1.67. The number of anilines is 1. The highest BCUT2D eigenvalue weighted by atomic mass is 19.4. The van der Waals surface area contributed by atoms with Crippen LogP contribution in [0.5, 0.6) is 5.75 Å². The summed E-state index contributed by atoms with van der Waals surface area (Å²) in [4.78, 5) is 12.1. The van der Waals surface area contributed by atoms with Crippen LogP contribution in [0.15, 0.2) is 40.8 Å². The minimum Gasteiger partial charge on any atom is -0.485 e. The Hall–Kier alpha value is -3.50. The molecule has 0 aliphatic heterocycles. The maximum absolute atomic E-state index is 13.9. The lowest BCUT2D eigenvalue weighted by Gasteiger charge is -2.14. The summed E-state index contributed by atoms with van der Waals surface area (Å²) in [5.74, 6) is -11.4. The SMILES string of the molecule is Cc1ccccc1OCc1ccc(C(=O)Nc2c(F)c(F)c(C(F)(F)F)c(F)c2F)o1. The Bertz CT molecular complexity index is 1110. The average Bonchev–Trinajstić information content (AvgIpc) is 3.17. The molecule has 2 aromatic carbocycles. The molecule has 1 heterocycles. The second kappa shape index (κ2) is 8.32. The molecule has 0 spiro atoms. The van der Waals surface area contributed by atoms with Crippen molar-refractivity contribution in [1.82, 2.24) is 0 Å². The zero-order valence-electron chi connectivity index (χ0n) is 15.5. The van der Waals surface area contributed by atoms with E-state index in [2.05, 4.69) is 0 Å². The highest BCUT2D eigenvalue weighted by Crippen LogP contribution is 2.38. The van der Waals surface area contributed by atoms with E-state index in [1.807, 2.05) is 0 Å². The Labute approximate surface area is 170 Å². The Morgan fingerprint density at radius 2 is 1.58 bits per heavy atom. The Kier molecular flexibility index (Phi) is 5.96. The molecule has 0 saturated carbocycles. The Morgan fingerprint density at radius 3 is 2.16 bits per heavy atom. The molecule has 1 N–H and O–H groups in total. The third-order valence-corrected chi connectivity index (χ3v) is 4.13. The number of carbonyl (C=O) groups excluding carboxylic acids is 1. The fraction of sp³-hybridized carbons (Fsp3) is 0.150. The Morgan fingerprint density at radius 1 is 0.968 bits per heavy atom. The van der Waals surface area contributed by atoms with E-state index >= 15 is 0 Å². The number of hydrogen-bond acceptors (Lipinski definition) is 3. The number of nitrogens with one attached hydrogen (secondary N) is 1. The van der Waals surface area contributed by atoms with Gasteiger partial charge < -0.3 is 14.5 Å². The quantitative estimate of drug-likeness (QED) is 0.386. The van der Waals surface area contributed by atoms with Crippen LogP contribution in [0, 0.1) is 30.2 Å². The van der Waals surface area contributed by atoms with Crippen molar-refractivity contribution in [2.45, 2.75) is 19.7 Å². The van der Waals surface area contributed by atoms with Crippen molar-refractivity contribution in [3.05, 3.63) is 82.3 Å². The molecule has 1 aromatic heterocycles. The van der Waals surface area contributed by atoms with Crippen LogP contribution in [0.3, 0.4) is 0 Å². The molecule has 0 aliphatic carbocycles. The maximum atomic E-state index is 13.9. The van der Waals surface area contributed by atoms with Gasteiger partial charge in [0.2, 0.25) is 0 Å². The third-order valence-electron chi connectivity index (χ3n) is 4.13. The van der Waals surface area contributed by atoms with Crippen LogP contribution in [-0.2, 0) is 12.8 Å². The molecule has 4 nitrogen and oxygen atoms in total. The van der Waals surface area contributed by atoms with Crippen LogP contribution in [0.25, 0.3) is 0 Å². The van der Waals surface area contributed by atoms with Crippen molar-refractivity contribution in [3.8, 4) is 5.75 Å². The summed E-state index contributed by atoms with van der Waals surface area (Å²) in [6, 6.07) is 9.39. The van der Waals surface area contributed by atoms with E-state index in [0.717, 1.165) is 11.6 Å². The zero-order chi connectivity index (χ0) is 22.9. The second-order valence-electron chi connectivity index (χ2n) is 6.28. The molecule has 1 amide bonds. The van der Waals surface area contributed by atoms with Crippen molar-refractivity contribution in [2.75, 3.05) is 5.32 Å². The molecule has 0 atom stereocenters. The van der Waals surface area contributed by atoms with E-state index in [9.17, 15) is 35.5 Å². The summed E-state index contributed by atoms with van der Waals surface area (Å²) in [5.41, 5.74) is -3.64. The van der Waals surface area contributed by atoms with Crippen LogP contribution < -0.4 is 10.1 Å². The molecule has 11 heteroatoms. The lowest BCUT2D eigenvalue weighted by Crippen LogP contribution is -2.20. The van der Waals surface area contributed by atoms with E-state index < -0.39 is 52.4 Å². The molecule has 0 aliphatic rings. The van der Waals surface area contributed by atoms with E-state index in [4.69, 9.17) is 9.15 Å². The number of halogens is 7. The first-order valence-electron chi connectivity index (χ1n) is 8.52. The predicted octanol–water partition coefficient (Wildman–Crippen LogP) is 5.99. The van der Waals surface area contributed by atoms with Crippen LogP contribution in [0.4, 0.5) is 36.4 Å². The number of alkyl halides is 3. The van der Waals surface area contributed by atoms with Gasteiger partial charge in [0.1, 0.15) is 29.4 Å². The van der Waals surface area contributed by atoms with Gasteiger partial charge in [-0.25, -0.2) is 17.6 Å². The van der Waals surface area contributed by atoms with Gasteiger partial charge in [-0.05, 0) is 30.7 Å². The van der Waals surface area contributed by atoms with Gasteiger partial charge in [-0.15, -0.1) is 0 Å². The van der Waals surface area contributed by atoms with Gasteiger partial charge in [0.15, 0.2) is 29.0 Å². The summed E-state index contributed by atoms with van der Waals surface area (Å²) >= 11 is 0. The molecule has 3 rings (SSSR count). The number of benzene rings is 2. The first kappa shape index (κ1) is 22.2. The molecule has 31 heavy (non-hydrogen) atoms. The maximum Gasteiger partial charge on any atom is 0.422 e. The fourth-order valence-electron chi connectivity index (χ4n) is 2.61. The normalized spacial score (nSPS) is 11.5. The van der Waals surface area contributed by atoms with Crippen molar-refractivity contribution in [3.63, 3.8) is 0 Å². The minimum atomic E-state index is -5.69. The zero-order valence-corrected chi connectivity index (χ0v) is 15.5. The van der Waals surface area contributed by atoms with E-state index in [-0.39, 0.29) is 12.4 Å². The number of furan rings is 1. The smallest absolute Gasteiger partial charge is 0.422 e. The number of para-hydroxylation sites is 1. The highest BCUT2D eigenvalue weighted by molar-refractivity contribution is 6.02. The molecular formula is C20H12F7NO3. The van der Waals surface area contributed by atoms with Gasteiger partial charge in [-0.1, -0.05) is 18.2 Å². The molecule has 164 valence electrons.